The number of nitrogens with zero attached hydrogens (tertiary/aromatic N) is 2. The Balaban J connectivity index is 1.51. The zero-order valence-electron chi connectivity index (χ0n) is 11.5. The van der Waals surface area contributed by atoms with E-state index < -0.39 is 0 Å². The second kappa shape index (κ2) is 6.12. The number of halogens is 1. The van der Waals surface area contributed by atoms with Gasteiger partial charge in [-0.15, -0.1) is 0 Å². The molecule has 0 unspecified atom stereocenters. The highest BCUT2D eigenvalue weighted by Gasteiger charge is 2.30. The summed E-state index contributed by atoms with van der Waals surface area (Å²) in [4.78, 5) is 16.5. The van der Waals surface area contributed by atoms with Gasteiger partial charge in [-0.1, -0.05) is 29.8 Å². The third-order valence-electron chi connectivity index (χ3n) is 4.17. The molecule has 4 nitrogen and oxygen atoms in total. The first-order valence-electron chi connectivity index (χ1n) is 7.19. The van der Waals surface area contributed by atoms with Crippen molar-refractivity contribution in [3.05, 3.63) is 34.9 Å². The molecule has 108 valence electrons. The summed E-state index contributed by atoms with van der Waals surface area (Å²) in [6, 6.07) is 7.97. The highest BCUT2D eigenvalue weighted by molar-refractivity contribution is 6.31. The fourth-order valence-electron chi connectivity index (χ4n) is 2.72. The lowest BCUT2D eigenvalue weighted by atomic mass is 10.0. The highest BCUT2D eigenvalue weighted by atomic mass is 35.5. The highest BCUT2D eigenvalue weighted by Crippen LogP contribution is 2.18. The van der Waals surface area contributed by atoms with Gasteiger partial charge < -0.3 is 10.2 Å². The molecule has 20 heavy (non-hydrogen) atoms. The van der Waals surface area contributed by atoms with Gasteiger partial charge in [0.25, 0.3) is 0 Å². The molecule has 1 aromatic rings. The van der Waals surface area contributed by atoms with Crippen molar-refractivity contribution in [1.29, 1.82) is 0 Å². The SMILES string of the molecule is O=C(C1CNC1)N1CCN(Cc2ccccc2Cl)CC1. The average molecular weight is 294 g/mol. The number of hydrogen-bond donors (Lipinski definition) is 1. The third kappa shape index (κ3) is 2.97. The molecule has 2 aliphatic rings. The Hall–Kier alpha value is -1.10. The molecule has 0 radical (unpaired) electrons. The van der Waals surface area contributed by atoms with Crippen molar-refractivity contribution in [2.45, 2.75) is 6.54 Å². The molecule has 2 heterocycles. The number of amides is 1. The van der Waals surface area contributed by atoms with Crippen molar-refractivity contribution in [3.8, 4) is 0 Å². The first-order valence-corrected chi connectivity index (χ1v) is 7.57. The quantitative estimate of drug-likeness (QED) is 0.910. The predicted octanol–water partition coefficient (Wildman–Crippen LogP) is 1.20. The van der Waals surface area contributed by atoms with Crippen LogP contribution in [0.3, 0.4) is 0 Å². The van der Waals surface area contributed by atoms with Crippen LogP contribution in [0, 0.1) is 5.92 Å². The molecular weight excluding hydrogens is 274 g/mol. The Morgan fingerprint density at radius 1 is 1.20 bits per heavy atom. The van der Waals surface area contributed by atoms with E-state index in [1.54, 1.807) is 0 Å². The minimum absolute atomic E-state index is 0.213. The second-order valence-electron chi connectivity index (χ2n) is 5.55. The van der Waals surface area contributed by atoms with Crippen LogP contribution in [0.2, 0.25) is 5.02 Å². The summed E-state index contributed by atoms with van der Waals surface area (Å²) in [6.45, 7) is 6.08. The Morgan fingerprint density at radius 2 is 1.90 bits per heavy atom. The van der Waals surface area contributed by atoms with Gasteiger partial charge in [0.1, 0.15) is 0 Å². The lowest BCUT2D eigenvalue weighted by Crippen LogP contribution is -2.56. The van der Waals surface area contributed by atoms with Crippen LogP contribution in [-0.4, -0.2) is 55.0 Å². The van der Waals surface area contributed by atoms with Gasteiger partial charge in [0, 0.05) is 50.8 Å². The standard InChI is InChI=1S/C15H20ClN3O/c16-14-4-2-1-3-12(14)11-18-5-7-19(8-6-18)15(20)13-9-17-10-13/h1-4,13,17H,5-11H2. The second-order valence-corrected chi connectivity index (χ2v) is 5.96. The largest absolute Gasteiger partial charge is 0.340 e. The van der Waals surface area contributed by atoms with Crippen molar-refractivity contribution in [2.24, 2.45) is 5.92 Å². The molecular formula is C15H20ClN3O. The summed E-state index contributed by atoms with van der Waals surface area (Å²) in [6.07, 6.45) is 0. The van der Waals surface area contributed by atoms with Crippen LogP contribution in [-0.2, 0) is 11.3 Å². The summed E-state index contributed by atoms with van der Waals surface area (Å²) in [5.74, 6) is 0.534. The molecule has 3 rings (SSSR count). The number of piperazine rings is 1. The van der Waals surface area contributed by atoms with Crippen LogP contribution in [0.15, 0.2) is 24.3 Å². The fraction of sp³-hybridized carbons (Fsp3) is 0.533. The molecule has 0 aromatic heterocycles. The Labute approximate surface area is 124 Å². The van der Waals surface area contributed by atoms with Crippen LogP contribution in [0.5, 0.6) is 0 Å². The van der Waals surface area contributed by atoms with E-state index in [0.29, 0.717) is 5.91 Å². The summed E-state index contributed by atoms with van der Waals surface area (Å²) >= 11 is 6.19. The summed E-state index contributed by atoms with van der Waals surface area (Å²) in [5, 5.41) is 3.98. The van der Waals surface area contributed by atoms with Crippen LogP contribution in [0.25, 0.3) is 0 Å². The van der Waals surface area contributed by atoms with Crippen LogP contribution < -0.4 is 5.32 Å². The van der Waals surface area contributed by atoms with Crippen molar-refractivity contribution in [3.63, 3.8) is 0 Å². The molecule has 5 heteroatoms. The minimum Gasteiger partial charge on any atom is -0.340 e. The Bertz CT molecular complexity index is 482. The van der Waals surface area contributed by atoms with E-state index in [-0.39, 0.29) is 5.92 Å². The van der Waals surface area contributed by atoms with E-state index in [1.165, 1.54) is 0 Å². The smallest absolute Gasteiger partial charge is 0.228 e. The first-order chi connectivity index (χ1) is 9.74. The number of hydrogen-bond acceptors (Lipinski definition) is 3. The zero-order chi connectivity index (χ0) is 13.9. The topological polar surface area (TPSA) is 35.6 Å². The van der Waals surface area contributed by atoms with Crippen LogP contribution >= 0.6 is 11.6 Å². The predicted molar refractivity (Wildman–Crippen MR) is 79.7 cm³/mol. The van der Waals surface area contributed by atoms with Gasteiger partial charge in [-0.2, -0.15) is 0 Å². The van der Waals surface area contributed by atoms with E-state index in [9.17, 15) is 4.79 Å². The van der Waals surface area contributed by atoms with Gasteiger partial charge in [0.2, 0.25) is 5.91 Å². The van der Waals surface area contributed by atoms with Gasteiger partial charge in [0.05, 0.1) is 5.92 Å². The zero-order valence-corrected chi connectivity index (χ0v) is 12.3. The van der Waals surface area contributed by atoms with E-state index in [0.717, 1.165) is 56.4 Å². The number of carbonyl (C=O) groups excluding carboxylic acids is 1. The molecule has 0 bridgehead atoms. The number of benzene rings is 1. The molecule has 1 aromatic carbocycles. The number of carbonyl (C=O) groups is 1. The molecule has 1 N–H and O–H groups in total. The van der Waals surface area contributed by atoms with E-state index in [1.807, 2.05) is 23.1 Å². The lowest BCUT2D eigenvalue weighted by Gasteiger charge is -2.38. The fourth-order valence-corrected chi connectivity index (χ4v) is 2.91. The molecule has 0 saturated carbocycles. The number of rotatable bonds is 3. The maximum atomic E-state index is 12.1. The minimum atomic E-state index is 0.213. The maximum absolute atomic E-state index is 12.1. The van der Waals surface area contributed by atoms with Crippen molar-refractivity contribution in [1.82, 2.24) is 15.1 Å². The molecule has 0 spiro atoms. The van der Waals surface area contributed by atoms with Crippen molar-refractivity contribution < 1.29 is 4.79 Å². The number of nitrogens with one attached hydrogen (secondary N) is 1. The van der Waals surface area contributed by atoms with Gasteiger partial charge in [-0.25, -0.2) is 0 Å². The normalized spacial score (nSPS) is 20.8. The van der Waals surface area contributed by atoms with Crippen molar-refractivity contribution >= 4 is 17.5 Å². The van der Waals surface area contributed by atoms with Gasteiger partial charge >= 0.3 is 0 Å². The molecule has 2 saturated heterocycles. The molecule has 1 amide bonds. The monoisotopic (exact) mass is 293 g/mol. The van der Waals surface area contributed by atoms with E-state index in [4.69, 9.17) is 11.6 Å². The summed E-state index contributed by atoms with van der Waals surface area (Å²) < 4.78 is 0. The van der Waals surface area contributed by atoms with Gasteiger partial charge in [-0.3, -0.25) is 9.69 Å². The molecule has 2 fully saturated rings. The molecule has 2 aliphatic heterocycles. The van der Waals surface area contributed by atoms with Crippen molar-refractivity contribution in [2.75, 3.05) is 39.3 Å². The average Bonchev–Trinajstić information content (AvgIpc) is 2.40. The summed E-state index contributed by atoms with van der Waals surface area (Å²) in [5.41, 5.74) is 1.16. The Kier molecular flexibility index (Phi) is 4.24. The maximum Gasteiger partial charge on any atom is 0.228 e. The summed E-state index contributed by atoms with van der Waals surface area (Å²) in [7, 11) is 0. The van der Waals surface area contributed by atoms with Crippen LogP contribution in [0.4, 0.5) is 0 Å². The van der Waals surface area contributed by atoms with E-state index in [2.05, 4.69) is 16.3 Å². The van der Waals surface area contributed by atoms with E-state index >= 15 is 0 Å². The third-order valence-corrected chi connectivity index (χ3v) is 4.54. The Morgan fingerprint density at radius 3 is 2.50 bits per heavy atom. The van der Waals surface area contributed by atoms with Crippen LogP contribution in [0.1, 0.15) is 5.56 Å². The molecule has 0 atom stereocenters. The first kappa shape index (κ1) is 13.9. The molecule has 0 aliphatic carbocycles. The lowest BCUT2D eigenvalue weighted by molar-refractivity contribution is -0.138. The van der Waals surface area contributed by atoms with Gasteiger partial charge in [0.15, 0.2) is 0 Å². The van der Waals surface area contributed by atoms with Gasteiger partial charge in [-0.05, 0) is 11.6 Å².